The van der Waals surface area contributed by atoms with E-state index in [9.17, 15) is 9.59 Å². The summed E-state index contributed by atoms with van der Waals surface area (Å²) in [7, 11) is 1.66. The lowest BCUT2D eigenvalue weighted by molar-refractivity contribution is -0.120. The Balaban J connectivity index is 1.60. The molecule has 9 nitrogen and oxygen atoms in total. The number of likely N-dealkylation sites (N-methyl/N-ethyl adjacent to an activating group) is 1. The van der Waals surface area contributed by atoms with Gasteiger partial charge in [-0.15, -0.1) is 0 Å². The van der Waals surface area contributed by atoms with Crippen LogP contribution in [0.2, 0.25) is 0 Å². The first kappa shape index (κ1) is 18.7. The lowest BCUT2D eigenvalue weighted by Gasteiger charge is -2.26. The molecule has 0 aliphatic carbocycles. The van der Waals surface area contributed by atoms with Crippen LogP contribution in [0.1, 0.15) is 38.8 Å². The van der Waals surface area contributed by atoms with Crippen molar-refractivity contribution in [2.45, 2.75) is 27.2 Å². The first-order valence-electron chi connectivity index (χ1n) is 9.06. The molecule has 3 aromatic rings. The highest BCUT2D eigenvalue weighted by Gasteiger charge is 2.25. The van der Waals surface area contributed by atoms with E-state index in [1.54, 1.807) is 32.2 Å². The van der Waals surface area contributed by atoms with Crippen LogP contribution in [0.4, 0.5) is 11.4 Å². The Bertz CT molecular complexity index is 1090. The van der Waals surface area contributed by atoms with E-state index in [1.807, 2.05) is 13.8 Å². The number of benzene rings is 1. The topological polar surface area (TPSA) is 111 Å². The summed E-state index contributed by atoms with van der Waals surface area (Å²) < 4.78 is 15.9. The van der Waals surface area contributed by atoms with Crippen molar-refractivity contribution in [3.05, 3.63) is 52.2 Å². The van der Waals surface area contributed by atoms with Crippen molar-refractivity contribution in [1.29, 1.82) is 0 Å². The molecule has 2 aromatic heterocycles. The van der Waals surface area contributed by atoms with E-state index < -0.39 is 5.91 Å². The zero-order chi connectivity index (χ0) is 20.7. The molecule has 0 atom stereocenters. The Morgan fingerprint density at radius 1 is 1.14 bits per heavy atom. The number of carbonyl (C=O) groups excluding carboxylic acids is 2. The molecule has 0 fully saturated rings. The molecule has 0 spiro atoms. The van der Waals surface area contributed by atoms with Crippen LogP contribution in [0.25, 0.3) is 0 Å². The summed E-state index contributed by atoms with van der Waals surface area (Å²) in [4.78, 5) is 26.2. The molecule has 0 unspecified atom stereocenters. The van der Waals surface area contributed by atoms with Crippen LogP contribution in [0.5, 0.6) is 5.75 Å². The minimum absolute atomic E-state index is 0.00150. The van der Waals surface area contributed by atoms with E-state index in [0.29, 0.717) is 40.6 Å². The van der Waals surface area contributed by atoms with Gasteiger partial charge in [-0.25, -0.2) is 0 Å². The van der Waals surface area contributed by atoms with Gasteiger partial charge in [0.1, 0.15) is 17.3 Å². The van der Waals surface area contributed by atoms with Crippen molar-refractivity contribution in [1.82, 2.24) is 10.3 Å². The number of aromatic nitrogens is 2. The van der Waals surface area contributed by atoms with E-state index in [-0.39, 0.29) is 18.2 Å². The van der Waals surface area contributed by atoms with Crippen molar-refractivity contribution in [2.24, 2.45) is 0 Å². The third-order valence-corrected chi connectivity index (χ3v) is 5.04. The normalized spacial score (nSPS) is 13.2. The molecule has 4 rings (SSSR count). The minimum atomic E-state index is -0.408. The predicted molar refractivity (Wildman–Crippen MR) is 103 cm³/mol. The number of hydrogen-bond acceptors (Lipinski definition) is 7. The molecule has 2 amide bonds. The standard InChI is InChI=1S/C20H20N4O5/c1-10-14(11(2)28-22-10)8-15-12(3)29-23-19(15)20(26)21-13-5-6-17-16(7-13)24(4)18(25)9-27-17/h5-7H,8-9H2,1-4H3,(H,21,26). The van der Waals surface area contributed by atoms with Crippen LogP contribution in [0.3, 0.4) is 0 Å². The Hall–Kier alpha value is -3.62. The molecule has 1 N–H and O–H groups in total. The lowest BCUT2D eigenvalue weighted by Crippen LogP contribution is -2.35. The summed E-state index contributed by atoms with van der Waals surface area (Å²) in [5, 5.41) is 10.7. The highest BCUT2D eigenvalue weighted by atomic mass is 16.5. The predicted octanol–water partition coefficient (Wildman–Crippen LogP) is 2.79. The fourth-order valence-corrected chi connectivity index (χ4v) is 3.25. The summed E-state index contributed by atoms with van der Waals surface area (Å²) in [6.45, 7) is 5.43. The summed E-state index contributed by atoms with van der Waals surface area (Å²) in [6.07, 6.45) is 0.425. The van der Waals surface area contributed by atoms with Crippen molar-refractivity contribution >= 4 is 23.2 Å². The highest BCUT2D eigenvalue weighted by molar-refractivity contribution is 6.05. The van der Waals surface area contributed by atoms with E-state index in [0.717, 1.165) is 11.3 Å². The van der Waals surface area contributed by atoms with Gasteiger partial charge in [0.2, 0.25) is 0 Å². The monoisotopic (exact) mass is 396 g/mol. The number of ether oxygens (including phenoxy) is 1. The minimum Gasteiger partial charge on any atom is -0.482 e. The average Bonchev–Trinajstić information content (AvgIpc) is 3.22. The Labute approximate surface area is 166 Å². The molecule has 9 heteroatoms. The van der Waals surface area contributed by atoms with Crippen molar-refractivity contribution < 1.29 is 23.4 Å². The number of anilines is 2. The quantitative estimate of drug-likeness (QED) is 0.722. The molecule has 3 heterocycles. The number of hydrogen-bond donors (Lipinski definition) is 1. The number of amides is 2. The van der Waals surface area contributed by atoms with Gasteiger partial charge in [-0.05, 0) is 39.0 Å². The molecule has 150 valence electrons. The van der Waals surface area contributed by atoms with Gasteiger partial charge in [-0.3, -0.25) is 9.59 Å². The van der Waals surface area contributed by atoms with Gasteiger partial charge < -0.3 is 24.0 Å². The average molecular weight is 396 g/mol. The number of nitrogens with zero attached hydrogens (tertiary/aromatic N) is 3. The maximum Gasteiger partial charge on any atom is 0.278 e. The van der Waals surface area contributed by atoms with Crippen molar-refractivity contribution in [2.75, 3.05) is 23.9 Å². The summed E-state index contributed by atoms with van der Waals surface area (Å²) in [5.41, 5.74) is 3.63. The third-order valence-electron chi connectivity index (χ3n) is 5.04. The number of carbonyl (C=O) groups is 2. The second-order valence-electron chi connectivity index (χ2n) is 6.92. The van der Waals surface area contributed by atoms with Gasteiger partial charge in [0.05, 0.1) is 11.4 Å². The van der Waals surface area contributed by atoms with Gasteiger partial charge in [-0.1, -0.05) is 10.3 Å². The van der Waals surface area contributed by atoms with Crippen LogP contribution in [-0.2, 0) is 11.2 Å². The largest absolute Gasteiger partial charge is 0.482 e. The zero-order valence-corrected chi connectivity index (χ0v) is 16.5. The van der Waals surface area contributed by atoms with Crippen LogP contribution >= 0.6 is 0 Å². The second kappa shape index (κ2) is 7.08. The molecule has 1 aliphatic heterocycles. The van der Waals surface area contributed by atoms with E-state index in [2.05, 4.69) is 15.6 Å². The van der Waals surface area contributed by atoms with Crippen molar-refractivity contribution in [3.8, 4) is 5.75 Å². The van der Waals surface area contributed by atoms with Gasteiger partial charge in [-0.2, -0.15) is 0 Å². The maximum absolute atomic E-state index is 12.9. The molecule has 0 bridgehead atoms. The fourth-order valence-electron chi connectivity index (χ4n) is 3.25. The number of aryl methyl sites for hydroxylation is 3. The summed E-state index contributed by atoms with van der Waals surface area (Å²) in [6, 6.07) is 5.11. The van der Waals surface area contributed by atoms with E-state index in [4.69, 9.17) is 13.8 Å². The molecular formula is C20H20N4O5. The molecule has 1 aromatic carbocycles. The first-order valence-corrected chi connectivity index (χ1v) is 9.06. The fraction of sp³-hybridized carbons (Fsp3) is 0.300. The first-order chi connectivity index (χ1) is 13.8. The Morgan fingerprint density at radius 2 is 1.86 bits per heavy atom. The van der Waals surface area contributed by atoms with Crippen molar-refractivity contribution in [3.63, 3.8) is 0 Å². The molecule has 0 saturated heterocycles. The second-order valence-corrected chi connectivity index (χ2v) is 6.92. The smallest absolute Gasteiger partial charge is 0.278 e. The van der Waals surface area contributed by atoms with Crippen LogP contribution in [0, 0.1) is 20.8 Å². The third kappa shape index (κ3) is 3.35. The van der Waals surface area contributed by atoms with Gasteiger partial charge in [0.15, 0.2) is 12.3 Å². The van der Waals surface area contributed by atoms with Crippen LogP contribution in [0.15, 0.2) is 27.2 Å². The summed E-state index contributed by atoms with van der Waals surface area (Å²) in [5.74, 6) is 1.27. The van der Waals surface area contributed by atoms with Gasteiger partial charge in [0.25, 0.3) is 11.8 Å². The SMILES string of the molecule is Cc1noc(C)c1Cc1c(C(=O)Nc2ccc3c(c2)N(C)C(=O)CO3)noc1C. The summed E-state index contributed by atoms with van der Waals surface area (Å²) >= 11 is 0. The Kier molecular flexibility index (Phi) is 4.57. The maximum atomic E-state index is 12.9. The molecule has 1 aliphatic rings. The lowest BCUT2D eigenvalue weighted by atomic mass is 10.0. The van der Waals surface area contributed by atoms with Crippen LogP contribution in [-0.4, -0.2) is 35.8 Å². The van der Waals surface area contributed by atoms with Crippen LogP contribution < -0.4 is 15.0 Å². The molecule has 29 heavy (non-hydrogen) atoms. The van der Waals surface area contributed by atoms with E-state index in [1.165, 1.54) is 4.90 Å². The van der Waals surface area contributed by atoms with Gasteiger partial charge >= 0.3 is 0 Å². The Morgan fingerprint density at radius 3 is 2.59 bits per heavy atom. The zero-order valence-electron chi connectivity index (χ0n) is 16.5. The number of fused-ring (bicyclic) bond motifs is 1. The highest BCUT2D eigenvalue weighted by Crippen LogP contribution is 2.34. The number of nitrogens with one attached hydrogen (secondary N) is 1. The molecule has 0 radical (unpaired) electrons. The number of rotatable bonds is 4. The van der Waals surface area contributed by atoms with Gasteiger partial charge in [0, 0.05) is 30.3 Å². The molecular weight excluding hydrogens is 376 g/mol. The van der Waals surface area contributed by atoms with E-state index >= 15 is 0 Å². The molecule has 0 saturated carbocycles.